The summed E-state index contributed by atoms with van der Waals surface area (Å²) in [6, 6.07) is 0. The van der Waals surface area contributed by atoms with Crippen molar-refractivity contribution < 1.29 is 22.6 Å². The van der Waals surface area contributed by atoms with Crippen molar-refractivity contribution in [2.24, 2.45) is 0 Å². The predicted molar refractivity (Wildman–Crippen MR) is 56.8 cm³/mol. The van der Waals surface area contributed by atoms with E-state index in [4.69, 9.17) is 14.2 Å². The topological polar surface area (TPSA) is 87.6 Å². The summed E-state index contributed by atoms with van der Waals surface area (Å²) in [5.41, 5.74) is 0.617. The molecule has 17 heavy (non-hydrogen) atoms. The molecule has 1 aliphatic rings. The maximum atomic E-state index is 11.4. The number of hydrogen-bond donors (Lipinski definition) is 0. The molecule has 0 N–H and O–H groups in total. The molecule has 0 saturated heterocycles. The molecule has 0 aliphatic carbocycles. The number of sulfone groups is 1. The fourth-order valence-electron chi connectivity index (χ4n) is 1.50. The lowest BCUT2D eigenvalue weighted by molar-refractivity contribution is -0.0390. The molecule has 7 nitrogen and oxygen atoms in total. The average Bonchev–Trinajstić information content (AvgIpc) is 2.69. The Balaban J connectivity index is 2.53. The second kappa shape index (κ2) is 4.11. The van der Waals surface area contributed by atoms with Crippen LogP contribution in [0.1, 0.15) is 5.56 Å². The Bertz CT molecular complexity index is 543. The molecular formula is C9H12N2O5S. The van der Waals surface area contributed by atoms with Gasteiger partial charge in [-0.1, -0.05) is 0 Å². The minimum atomic E-state index is -3.50. The Morgan fingerprint density at radius 3 is 2.59 bits per heavy atom. The first-order chi connectivity index (χ1) is 7.95. The summed E-state index contributed by atoms with van der Waals surface area (Å²) in [5.74, 6) is 0.402. The normalized spacial score (nSPS) is 18.6. The number of aromatic nitrogens is 2. The van der Waals surface area contributed by atoms with Crippen LogP contribution in [0.25, 0.3) is 0 Å². The van der Waals surface area contributed by atoms with Gasteiger partial charge in [0.25, 0.3) is 5.16 Å². The van der Waals surface area contributed by atoms with Crippen LogP contribution >= 0.6 is 0 Å². The van der Waals surface area contributed by atoms with Crippen LogP contribution in [-0.2, 0) is 21.0 Å². The molecule has 2 heterocycles. The molecule has 94 valence electrons. The van der Waals surface area contributed by atoms with Crippen molar-refractivity contribution in [3.05, 3.63) is 5.56 Å². The molecule has 0 bridgehead atoms. The standard InChI is InChI=1S/C9H12N2O5S/c1-14-6-4-5-7(15-2)10-9(17(3,12)13)11-8(5)16-6/h6H,4H2,1-3H3. The Morgan fingerprint density at radius 2 is 2.06 bits per heavy atom. The van der Waals surface area contributed by atoms with Crippen LogP contribution in [0.4, 0.5) is 0 Å². The van der Waals surface area contributed by atoms with Gasteiger partial charge in [0.1, 0.15) is 0 Å². The zero-order valence-corrected chi connectivity index (χ0v) is 10.4. The minimum Gasteiger partial charge on any atom is -0.481 e. The van der Waals surface area contributed by atoms with E-state index in [9.17, 15) is 8.42 Å². The monoisotopic (exact) mass is 260 g/mol. The second-order valence-electron chi connectivity index (χ2n) is 3.56. The zero-order chi connectivity index (χ0) is 12.6. The highest BCUT2D eigenvalue weighted by molar-refractivity contribution is 7.90. The molecule has 0 amide bonds. The third kappa shape index (κ3) is 2.18. The van der Waals surface area contributed by atoms with Crippen LogP contribution in [0.5, 0.6) is 11.8 Å². The Kier molecular flexibility index (Phi) is 2.92. The van der Waals surface area contributed by atoms with Crippen molar-refractivity contribution >= 4 is 9.84 Å². The number of nitrogens with zero attached hydrogens (tertiary/aromatic N) is 2. The molecule has 1 atom stereocenters. The van der Waals surface area contributed by atoms with E-state index >= 15 is 0 Å². The third-order valence-electron chi connectivity index (χ3n) is 2.31. The lowest BCUT2D eigenvalue weighted by Crippen LogP contribution is -2.14. The van der Waals surface area contributed by atoms with Crippen LogP contribution in [0.3, 0.4) is 0 Å². The number of fused-ring (bicyclic) bond motifs is 1. The number of hydrogen-bond acceptors (Lipinski definition) is 7. The Labute approximate surface area is 98.7 Å². The highest BCUT2D eigenvalue weighted by atomic mass is 32.2. The van der Waals surface area contributed by atoms with E-state index in [0.29, 0.717) is 12.0 Å². The highest BCUT2D eigenvalue weighted by Crippen LogP contribution is 2.33. The maximum absolute atomic E-state index is 11.4. The van der Waals surface area contributed by atoms with E-state index in [1.165, 1.54) is 14.2 Å². The number of rotatable bonds is 3. The molecule has 2 rings (SSSR count). The van der Waals surface area contributed by atoms with Gasteiger partial charge in [0.05, 0.1) is 12.7 Å². The number of ether oxygens (including phenoxy) is 3. The fourth-order valence-corrected chi connectivity index (χ4v) is 1.99. The summed E-state index contributed by atoms with van der Waals surface area (Å²) in [6.07, 6.45) is 0.971. The fraction of sp³-hybridized carbons (Fsp3) is 0.556. The van der Waals surface area contributed by atoms with Gasteiger partial charge in [-0.2, -0.15) is 9.97 Å². The molecule has 0 radical (unpaired) electrons. The molecule has 0 fully saturated rings. The lowest BCUT2D eigenvalue weighted by Gasteiger charge is -2.06. The van der Waals surface area contributed by atoms with Crippen molar-refractivity contribution in [1.82, 2.24) is 9.97 Å². The van der Waals surface area contributed by atoms with Crippen LogP contribution in [0, 0.1) is 0 Å². The van der Waals surface area contributed by atoms with E-state index in [1.807, 2.05) is 0 Å². The molecule has 1 unspecified atom stereocenters. The summed E-state index contributed by atoms with van der Waals surface area (Å²) in [6.45, 7) is 0. The predicted octanol–water partition coefficient (Wildman–Crippen LogP) is -0.204. The average molecular weight is 260 g/mol. The highest BCUT2D eigenvalue weighted by Gasteiger charge is 2.30. The first kappa shape index (κ1) is 12.1. The smallest absolute Gasteiger partial charge is 0.253 e. The summed E-state index contributed by atoms with van der Waals surface area (Å²) in [7, 11) is -0.599. The second-order valence-corrected chi connectivity index (χ2v) is 5.47. The zero-order valence-electron chi connectivity index (χ0n) is 9.63. The molecule has 1 aromatic heterocycles. The van der Waals surface area contributed by atoms with Crippen molar-refractivity contribution in [3.63, 3.8) is 0 Å². The van der Waals surface area contributed by atoms with Crippen LogP contribution < -0.4 is 9.47 Å². The number of methoxy groups -OCH3 is 2. The van der Waals surface area contributed by atoms with E-state index in [1.54, 1.807) is 0 Å². The van der Waals surface area contributed by atoms with Crippen molar-refractivity contribution in [1.29, 1.82) is 0 Å². The summed E-state index contributed by atoms with van der Waals surface area (Å²) in [5, 5.41) is -0.315. The van der Waals surface area contributed by atoms with Gasteiger partial charge in [-0.15, -0.1) is 0 Å². The molecule has 0 aromatic carbocycles. The van der Waals surface area contributed by atoms with Gasteiger partial charge in [0.2, 0.25) is 27.9 Å². The van der Waals surface area contributed by atoms with E-state index in [-0.39, 0.29) is 16.9 Å². The molecule has 1 aromatic rings. The third-order valence-corrected chi connectivity index (χ3v) is 3.16. The quantitative estimate of drug-likeness (QED) is 0.695. The van der Waals surface area contributed by atoms with Gasteiger partial charge in [0.15, 0.2) is 0 Å². The largest absolute Gasteiger partial charge is 0.481 e. The van der Waals surface area contributed by atoms with E-state index < -0.39 is 16.1 Å². The van der Waals surface area contributed by atoms with E-state index in [2.05, 4.69) is 9.97 Å². The summed E-state index contributed by atoms with van der Waals surface area (Å²) in [4.78, 5) is 7.70. The van der Waals surface area contributed by atoms with Gasteiger partial charge < -0.3 is 14.2 Å². The van der Waals surface area contributed by atoms with Gasteiger partial charge in [0, 0.05) is 19.8 Å². The SMILES string of the molecule is COc1nc(S(C)(=O)=O)nc2c1CC(OC)O2. The summed E-state index contributed by atoms with van der Waals surface area (Å²) < 4.78 is 38.1. The van der Waals surface area contributed by atoms with E-state index in [0.717, 1.165) is 6.26 Å². The molecule has 8 heteroatoms. The molecule has 0 saturated carbocycles. The Hall–Kier alpha value is -1.41. The lowest BCUT2D eigenvalue weighted by atomic mass is 10.2. The van der Waals surface area contributed by atoms with Gasteiger partial charge in [-0.25, -0.2) is 8.42 Å². The van der Waals surface area contributed by atoms with Gasteiger partial charge >= 0.3 is 0 Å². The van der Waals surface area contributed by atoms with Crippen molar-refractivity contribution in [2.45, 2.75) is 17.9 Å². The first-order valence-electron chi connectivity index (χ1n) is 4.80. The Morgan fingerprint density at radius 1 is 1.35 bits per heavy atom. The van der Waals surface area contributed by atoms with Crippen LogP contribution in [-0.4, -0.2) is 45.2 Å². The minimum absolute atomic E-state index is 0.198. The first-order valence-corrected chi connectivity index (χ1v) is 6.69. The van der Waals surface area contributed by atoms with Crippen LogP contribution in [0.2, 0.25) is 0 Å². The molecular weight excluding hydrogens is 248 g/mol. The van der Waals surface area contributed by atoms with Crippen molar-refractivity contribution in [3.8, 4) is 11.8 Å². The van der Waals surface area contributed by atoms with Gasteiger partial charge in [-0.3, -0.25) is 0 Å². The summed E-state index contributed by atoms with van der Waals surface area (Å²) >= 11 is 0. The van der Waals surface area contributed by atoms with Gasteiger partial charge in [-0.05, 0) is 0 Å². The molecule has 1 aliphatic heterocycles. The maximum Gasteiger partial charge on any atom is 0.253 e. The van der Waals surface area contributed by atoms with Crippen molar-refractivity contribution in [2.75, 3.05) is 20.5 Å². The van der Waals surface area contributed by atoms with Crippen LogP contribution in [0.15, 0.2) is 5.16 Å². The molecule has 0 spiro atoms.